The molecule has 0 unspecified atom stereocenters. The Bertz CT molecular complexity index is 732. The summed E-state index contributed by atoms with van der Waals surface area (Å²) in [6.07, 6.45) is 5.45. The standard InChI is InChI=1S/C15H18N2O3S/c1-2-5-12(18)20-8-11-16-14(19)13-9-6-3-4-7-10(9)21-15(13)17-11/h2-8H2,1H3,(H,16,17,19). The summed E-state index contributed by atoms with van der Waals surface area (Å²) in [4.78, 5) is 32.9. The van der Waals surface area contributed by atoms with Crippen LogP contribution in [0.4, 0.5) is 0 Å². The largest absolute Gasteiger partial charge is 0.458 e. The van der Waals surface area contributed by atoms with Gasteiger partial charge >= 0.3 is 5.97 Å². The number of hydrogen-bond donors (Lipinski definition) is 1. The smallest absolute Gasteiger partial charge is 0.306 e. The Hall–Kier alpha value is -1.69. The third-order valence-corrected chi connectivity index (χ3v) is 4.88. The van der Waals surface area contributed by atoms with Crippen LogP contribution in [0.5, 0.6) is 0 Å². The number of carbonyl (C=O) groups excluding carboxylic acids is 1. The lowest BCUT2D eigenvalue weighted by molar-refractivity contribution is -0.145. The SMILES string of the molecule is CCCC(=O)OCc1nc2sc3c(c2c(=O)[nH]1)CCCC3. The first-order valence-electron chi connectivity index (χ1n) is 7.38. The molecule has 5 nitrogen and oxygen atoms in total. The van der Waals surface area contributed by atoms with E-state index in [0.717, 1.165) is 35.9 Å². The highest BCUT2D eigenvalue weighted by Gasteiger charge is 2.19. The summed E-state index contributed by atoms with van der Waals surface area (Å²) in [6.45, 7) is 1.95. The Morgan fingerprint density at radius 3 is 3.00 bits per heavy atom. The van der Waals surface area contributed by atoms with Crippen LogP contribution in [0, 0.1) is 0 Å². The number of fused-ring (bicyclic) bond motifs is 3. The minimum Gasteiger partial charge on any atom is -0.458 e. The van der Waals surface area contributed by atoms with Gasteiger partial charge in [-0.3, -0.25) is 9.59 Å². The van der Waals surface area contributed by atoms with Gasteiger partial charge in [-0.1, -0.05) is 6.92 Å². The molecule has 0 aliphatic heterocycles. The first-order chi connectivity index (χ1) is 10.2. The molecule has 21 heavy (non-hydrogen) atoms. The third-order valence-electron chi connectivity index (χ3n) is 3.70. The Balaban J connectivity index is 1.89. The molecule has 2 aromatic heterocycles. The highest BCUT2D eigenvalue weighted by molar-refractivity contribution is 7.18. The van der Waals surface area contributed by atoms with Gasteiger partial charge in [-0.25, -0.2) is 4.98 Å². The van der Waals surface area contributed by atoms with Crippen LogP contribution in [0.15, 0.2) is 4.79 Å². The fraction of sp³-hybridized carbons (Fsp3) is 0.533. The van der Waals surface area contributed by atoms with Crippen molar-refractivity contribution in [2.24, 2.45) is 0 Å². The van der Waals surface area contributed by atoms with Crippen LogP contribution in [-0.2, 0) is 29.0 Å². The predicted octanol–water partition coefficient (Wildman–Crippen LogP) is 2.71. The van der Waals surface area contributed by atoms with E-state index in [-0.39, 0.29) is 18.1 Å². The van der Waals surface area contributed by atoms with Crippen LogP contribution in [0.3, 0.4) is 0 Å². The molecular formula is C15H18N2O3S. The quantitative estimate of drug-likeness (QED) is 0.882. The second kappa shape index (κ2) is 5.97. The van der Waals surface area contributed by atoms with E-state index in [1.54, 1.807) is 11.3 Å². The maximum absolute atomic E-state index is 12.3. The average molecular weight is 306 g/mol. The molecule has 2 heterocycles. The zero-order chi connectivity index (χ0) is 14.8. The first-order valence-corrected chi connectivity index (χ1v) is 8.19. The number of rotatable bonds is 4. The number of aryl methyl sites for hydroxylation is 2. The van der Waals surface area contributed by atoms with Crippen LogP contribution >= 0.6 is 11.3 Å². The van der Waals surface area contributed by atoms with Crippen LogP contribution in [0.2, 0.25) is 0 Å². The fourth-order valence-corrected chi connectivity index (χ4v) is 3.98. The summed E-state index contributed by atoms with van der Waals surface area (Å²) < 4.78 is 5.11. The van der Waals surface area contributed by atoms with E-state index in [1.165, 1.54) is 16.9 Å². The van der Waals surface area contributed by atoms with E-state index in [2.05, 4.69) is 9.97 Å². The number of esters is 1. The number of nitrogens with one attached hydrogen (secondary N) is 1. The molecule has 0 spiro atoms. The van der Waals surface area contributed by atoms with E-state index in [1.807, 2.05) is 6.92 Å². The Labute approximate surface area is 126 Å². The van der Waals surface area contributed by atoms with Gasteiger partial charge in [0.1, 0.15) is 17.3 Å². The topological polar surface area (TPSA) is 72.0 Å². The number of H-pyrrole nitrogens is 1. The van der Waals surface area contributed by atoms with Gasteiger partial charge in [0, 0.05) is 11.3 Å². The number of thiophene rings is 1. The van der Waals surface area contributed by atoms with Crippen molar-refractivity contribution in [1.29, 1.82) is 0 Å². The molecule has 3 rings (SSSR count). The summed E-state index contributed by atoms with van der Waals surface area (Å²) in [7, 11) is 0. The van der Waals surface area contributed by atoms with Gasteiger partial charge < -0.3 is 9.72 Å². The monoisotopic (exact) mass is 306 g/mol. The number of aromatic nitrogens is 2. The minimum atomic E-state index is -0.259. The van der Waals surface area contributed by atoms with E-state index < -0.39 is 0 Å². The van der Waals surface area contributed by atoms with Gasteiger partial charge in [-0.2, -0.15) is 0 Å². The Morgan fingerprint density at radius 1 is 1.38 bits per heavy atom. The normalized spacial score (nSPS) is 14.1. The highest BCUT2D eigenvalue weighted by atomic mass is 32.1. The number of aromatic amines is 1. The van der Waals surface area contributed by atoms with E-state index >= 15 is 0 Å². The zero-order valence-electron chi connectivity index (χ0n) is 12.0. The average Bonchev–Trinajstić information content (AvgIpc) is 2.84. The summed E-state index contributed by atoms with van der Waals surface area (Å²) >= 11 is 1.60. The third kappa shape index (κ3) is 2.85. The maximum atomic E-state index is 12.3. The van der Waals surface area contributed by atoms with Crippen molar-refractivity contribution in [3.05, 3.63) is 26.6 Å². The number of hydrogen-bond acceptors (Lipinski definition) is 5. The molecule has 0 bridgehead atoms. The van der Waals surface area contributed by atoms with Crippen LogP contribution < -0.4 is 5.56 Å². The van der Waals surface area contributed by atoms with Crippen molar-refractivity contribution in [3.8, 4) is 0 Å². The lowest BCUT2D eigenvalue weighted by Gasteiger charge is -2.09. The second-order valence-corrected chi connectivity index (χ2v) is 6.40. The number of ether oxygens (including phenoxy) is 1. The van der Waals surface area contributed by atoms with Gasteiger partial charge in [0.15, 0.2) is 0 Å². The highest BCUT2D eigenvalue weighted by Crippen LogP contribution is 2.33. The molecule has 6 heteroatoms. The van der Waals surface area contributed by atoms with Crippen molar-refractivity contribution < 1.29 is 9.53 Å². The summed E-state index contributed by atoms with van der Waals surface area (Å²) in [5.74, 6) is 0.168. The van der Waals surface area contributed by atoms with Crippen LogP contribution in [0.25, 0.3) is 10.2 Å². The van der Waals surface area contributed by atoms with Crippen molar-refractivity contribution in [1.82, 2.24) is 9.97 Å². The second-order valence-electron chi connectivity index (χ2n) is 5.31. The summed E-state index contributed by atoms with van der Waals surface area (Å²) in [5.41, 5.74) is 1.06. The van der Waals surface area contributed by atoms with E-state index in [4.69, 9.17) is 4.74 Å². The minimum absolute atomic E-state index is 0.0343. The number of nitrogens with zero attached hydrogens (tertiary/aromatic N) is 1. The molecule has 1 N–H and O–H groups in total. The zero-order valence-corrected chi connectivity index (χ0v) is 12.8. The molecule has 0 saturated heterocycles. The lowest BCUT2D eigenvalue weighted by atomic mass is 9.97. The molecule has 0 saturated carbocycles. The molecule has 0 fully saturated rings. The summed E-state index contributed by atoms with van der Waals surface area (Å²) in [5, 5.41) is 0.735. The maximum Gasteiger partial charge on any atom is 0.306 e. The Morgan fingerprint density at radius 2 is 2.19 bits per heavy atom. The summed E-state index contributed by atoms with van der Waals surface area (Å²) in [6, 6.07) is 0. The van der Waals surface area contributed by atoms with Crippen molar-refractivity contribution in [3.63, 3.8) is 0 Å². The van der Waals surface area contributed by atoms with Gasteiger partial charge in [0.05, 0.1) is 5.39 Å². The van der Waals surface area contributed by atoms with Gasteiger partial charge in [-0.05, 0) is 37.7 Å². The Kier molecular flexibility index (Phi) is 4.05. The molecule has 2 aromatic rings. The van der Waals surface area contributed by atoms with E-state index in [9.17, 15) is 9.59 Å². The molecule has 1 aliphatic carbocycles. The molecule has 0 amide bonds. The number of carbonyl (C=O) groups is 1. The first kappa shape index (κ1) is 14.3. The van der Waals surface area contributed by atoms with Gasteiger partial charge in [0.25, 0.3) is 5.56 Å². The molecular weight excluding hydrogens is 288 g/mol. The van der Waals surface area contributed by atoms with E-state index in [0.29, 0.717) is 12.2 Å². The molecule has 112 valence electrons. The van der Waals surface area contributed by atoms with Crippen molar-refractivity contribution in [2.75, 3.05) is 0 Å². The van der Waals surface area contributed by atoms with Gasteiger partial charge in [0.2, 0.25) is 0 Å². The van der Waals surface area contributed by atoms with Crippen LogP contribution in [-0.4, -0.2) is 15.9 Å². The van der Waals surface area contributed by atoms with Crippen LogP contribution in [0.1, 0.15) is 48.9 Å². The lowest BCUT2D eigenvalue weighted by Crippen LogP contribution is -2.15. The van der Waals surface area contributed by atoms with Crippen molar-refractivity contribution >= 4 is 27.5 Å². The molecule has 0 aromatic carbocycles. The molecule has 0 atom stereocenters. The molecule has 1 aliphatic rings. The fourth-order valence-electron chi connectivity index (χ4n) is 2.70. The van der Waals surface area contributed by atoms with Gasteiger partial charge in [-0.15, -0.1) is 11.3 Å². The van der Waals surface area contributed by atoms with Crippen molar-refractivity contribution in [2.45, 2.75) is 52.1 Å². The predicted molar refractivity (Wildman–Crippen MR) is 81.6 cm³/mol. The molecule has 0 radical (unpaired) electrons.